The number of likely N-dealkylation sites (N-methyl/N-ethyl adjacent to an activating group) is 2. The van der Waals surface area contributed by atoms with E-state index < -0.39 is 5.54 Å². The van der Waals surface area contributed by atoms with Crippen LogP contribution in [0, 0.1) is 0 Å². The van der Waals surface area contributed by atoms with E-state index in [4.69, 9.17) is 0 Å². The molecule has 1 spiro atoms. The van der Waals surface area contributed by atoms with Gasteiger partial charge in [-0.2, -0.15) is 0 Å². The molecule has 4 amide bonds. The van der Waals surface area contributed by atoms with E-state index in [9.17, 15) is 14.4 Å². The molecular weight excluding hydrogens is 366 g/mol. The maximum absolute atomic E-state index is 13.2. The van der Waals surface area contributed by atoms with Crippen LogP contribution in [0.2, 0.25) is 0 Å². The summed E-state index contributed by atoms with van der Waals surface area (Å²) < 4.78 is 0. The maximum atomic E-state index is 13.2. The van der Waals surface area contributed by atoms with Crippen molar-refractivity contribution in [2.75, 3.05) is 25.0 Å². The van der Waals surface area contributed by atoms with Crippen molar-refractivity contribution in [3.8, 4) is 0 Å². The van der Waals surface area contributed by atoms with Crippen LogP contribution >= 0.6 is 0 Å². The lowest BCUT2D eigenvalue weighted by Crippen LogP contribution is -2.49. The monoisotopic (exact) mass is 393 g/mol. The molecule has 2 fully saturated rings. The van der Waals surface area contributed by atoms with Gasteiger partial charge in [0.2, 0.25) is 5.91 Å². The highest BCUT2D eigenvalue weighted by atomic mass is 16.2. The molecule has 2 aromatic carbocycles. The van der Waals surface area contributed by atoms with Gasteiger partial charge in [0, 0.05) is 19.0 Å². The molecule has 1 saturated heterocycles. The van der Waals surface area contributed by atoms with E-state index in [0.29, 0.717) is 19.4 Å². The molecule has 0 atom stereocenters. The molecule has 152 valence electrons. The highest BCUT2D eigenvalue weighted by Crippen LogP contribution is 2.39. The lowest BCUT2D eigenvalue weighted by molar-refractivity contribution is -0.136. The minimum atomic E-state index is -0.758. The summed E-state index contributed by atoms with van der Waals surface area (Å²) in [5.41, 5.74) is 0.0435. The van der Waals surface area contributed by atoms with Crippen LogP contribution in [0.3, 0.4) is 0 Å². The number of hydrogen-bond donors (Lipinski definition) is 0. The number of carbonyl (C=O) groups excluding carboxylic acids is 3. The van der Waals surface area contributed by atoms with Gasteiger partial charge in [0.25, 0.3) is 5.91 Å². The number of fused-ring (bicyclic) bond motifs is 1. The summed E-state index contributed by atoms with van der Waals surface area (Å²) in [6, 6.07) is 13.4. The van der Waals surface area contributed by atoms with E-state index in [2.05, 4.69) is 0 Å². The Morgan fingerprint density at radius 1 is 1.03 bits per heavy atom. The number of benzene rings is 2. The van der Waals surface area contributed by atoms with Gasteiger partial charge in [-0.15, -0.1) is 0 Å². The molecule has 2 aliphatic rings. The predicted molar refractivity (Wildman–Crippen MR) is 113 cm³/mol. The highest BCUT2D eigenvalue weighted by molar-refractivity contribution is 6.11. The van der Waals surface area contributed by atoms with Crippen molar-refractivity contribution in [2.45, 2.75) is 44.6 Å². The molecule has 1 aliphatic heterocycles. The number of urea groups is 1. The molecule has 0 aromatic heterocycles. The third-order valence-corrected chi connectivity index (χ3v) is 6.45. The van der Waals surface area contributed by atoms with E-state index in [1.807, 2.05) is 49.4 Å². The molecule has 1 saturated carbocycles. The fourth-order valence-corrected chi connectivity index (χ4v) is 4.82. The van der Waals surface area contributed by atoms with Gasteiger partial charge in [-0.3, -0.25) is 14.5 Å². The number of carbonyl (C=O) groups is 3. The van der Waals surface area contributed by atoms with Crippen molar-refractivity contribution in [3.63, 3.8) is 0 Å². The smallest absolute Gasteiger partial charge is 0.313 e. The van der Waals surface area contributed by atoms with Gasteiger partial charge < -0.3 is 9.80 Å². The molecule has 0 radical (unpaired) electrons. The Balaban J connectivity index is 1.61. The summed E-state index contributed by atoms with van der Waals surface area (Å²) >= 11 is 0. The van der Waals surface area contributed by atoms with Gasteiger partial charge >= 0.3 is 6.03 Å². The molecule has 0 bridgehead atoms. The molecule has 2 aromatic rings. The topological polar surface area (TPSA) is 60.9 Å². The zero-order chi connectivity index (χ0) is 20.6. The first kappa shape index (κ1) is 19.4. The van der Waals surface area contributed by atoms with Gasteiger partial charge in [-0.1, -0.05) is 55.7 Å². The van der Waals surface area contributed by atoms with Crippen LogP contribution in [0.15, 0.2) is 42.5 Å². The first-order valence-electron chi connectivity index (χ1n) is 10.4. The molecule has 4 rings (SSSR count). The van der Waals surface area contributed by atoms with Gasteiger partial charge in [0.1, 0.15) is 12.1 Å². The second kappa shape index (κ2) is 7.50. The molecule has 1 heterocycles. The van der Waals surface area contributed by atoms with Gasteiger partial charge in [0.05, 0.1) is 5.69 Å². The van der Waals surface area contributed by atoms with Crippen molar-refractivity contribution in [2.24, 2.45) is 0 Å². The number of hydrogen-bond acceptors (Lipinski definition) is 3. The highest BCUT2D eigenvalue weighted by Gasteiger charge is 2.56. The van der Waals surface area contributed by atoms with E-state index in [-0.39, 0.29) is 24.4 Å². The van der Waals surface area contributed by atoms with Crippen LogP contribution in [0.4, 0.5) is 10.5 Å². The zero-order valence-corrected chi connectivity index (χ0v) is 17.1. The predicted octanol–water partition coefficient (Wildman–Crippen LogP) is 3.79. The van der Waals surface area contributed by atoms with Crippen molar-refractivity contribution in [1.29, 1.82) is 0 Å². The molecule has 6 heteroatoms. The van der Waals surface area contributed by atoms with Crippen molar-refractivity contribution in [1.82, 2.24) is 9.80 Å². The Morgan fingerprint density at radius 3 is 2.45 bits per heavy atom. The molecule has 29 heavy (non-hydrogen) atoms. The quantitative estimate of drug-likeness (QED) is 0.743. The number of imide groups is 1. The minimum absolute atomic E-state index is 0.216. The Bertz CT molecular complexity index is 959. The summed E-state index contributed by atoms with van der Waals surface area (Å²) in [6.45, 7) is 2.15. The molecule has 6 nitrogen and oxygen atoms in total. The van der Waals surface area contributed by atoms with E-state index in [1.54, 1.807) is 16.8 Å². The first-order chi connectivity index (χ1) is 14.0. The SMILES string of the molecule is CCN(C(=O)CN1C(=O)N(C)C2(CCCCC2)C1=O)c1cccc2ccccc12. The molecule has 0 unspecified atom stereocenters. The summed E-state index contributed by atoms with van der Waals surface area (Å²) in [5.74, 6) is -0.459. The van der Waals surface area contributed by atoms with Crippen molar-refractivity contribution >= 4 is 34.3 Å². The van der Waals surface area contributed by atoms with Crippen LogP contribution in [-0.2, 0) is 9.59 Å². The van der Waals surface area contributed by atoms with Crippen LogP contribution in [0.25, 0.3) is 10.8 Å². The molecule has 1 aliphatic carbocycles. The van der Waals surface area contributed by atoms with Crippen molar-refractivity contribution in [3.05, 3.63) is 42.5 Å². The first-order valence-corrected chi connectivity index (χ1v) is 10.4. The molecule has 0 N–H and O–H groups in total. The van der Waals surface area contributed by atoms with Crippen LogP contribution in [0.5, 0.6) is 0 Å². The lowest BCUT2D eigenvalue weighted by atomic mass is 9.81. The Labute approximate surface area is 171 Å². The van der Waals surface area contributed by atoms with E-state index >= 15 is 0 Å². The fraction of sp³-hybridized carbons (Fsp3) is 0.435. The zero-order valence-electron chi connectivity index (χ0n) is 17.1. The van der Waals surface area contributed by atoms with Crippen molar-refractivity contribution < 1.29 is 14.4 Å². The van der Waals surface area contributed by atoms with Gasteiger partial charge in [-0.25, -0.2) is 4.79 Å². The third kappa shape index (κ3) is 3.07. The summed E-state index contributed by atoms with van der Waals surface area (Å²) in [4.78, 5) is 43.6. The average molecular weight is 393 g/mol. The number of anilines is 1. The average Bonchev–Trinajstić information content (AvgIpc) is 2.91. The maximum Gasteiger partial charge on any atom is 0.327 e. The summed E-state index contributed by atoms with van der Waals surface area (Å²) in [7, 11) is 1.69. The van der Waals surface area contributed by atoms with Crippen LogP contribution in [0.1, 0.15) is 39.0 Å². The Hall–Kier alpha value is -2.89. The lowest BCUT2D eigenvalue weighted by Gasteiger charge is -2.35. The Morgan fingerprint density at radius 2 is 1.72 bits per heavy atom. The van der Waals surface area contributed by atoms with Gasteiger partial charge in [0.15, 0.2) is 0 Å². The largest absolute Gasteiger partial charge is 0.327 e. The summed E-state index contributed by atoms with van der Waals surface area (Å²) in [5, 5.41) is 2.02. The molecular formula is C23H27N3O3. The van der Waals surface area contributed by atoms with E-state index in [1.165, 1.54) is 0 Å². The minimum Gasteiger partial charge on any atom is -0.313 e. The second-order valence-corrected chi connectivity index (χ2v) is 7.96. The fourth-order valence-electron chi connectivity index (χ4n) is 4.82. The van der Waals surface area contributed by atoms with E-state index in [0.717, 1.165) is 40.6 Å². The van der Waals surface area contributed by atoms with Crippen LogP contribution in [-0.4, -0.2) is 53.3 Å². The number of amides is 4. The standard InChI is InChI=1S/C23H27N3O3/c1-3-25(19-13-9-11-17-10-5-6-12-18(17)19)20(27)16-26-21(28)23(24(2)22(26)29)14-7-4-8-15-23/h5-6,9-13H,3-4,7-8,14-16H2,1-2H3. The van der Waals surface area contributed by atoms with Crippen LogP contribution < -0.4 is 4.90 Å². The number of nitrogens with zero attached hydrogens (tertiary/aromatic N) is 3. The normalized spacial score (nSPS) is 18.7. The van der Waals surface area contributed by atoms with Gasteiger partial charge in [-0.05, 0) is 31.2 Å². The third-order valence-electron chi connectivity index (χ3n) is 6.45. The second-order valence-electron chi connectivity index (χ2n) is 7.96. The Kier molecular flexibility index (Phi) is 5.03. The summed E-state index contributed by atoms with van der Waals surface area (Å²) in [6.07, 6.45) is 4.31. The number of rotatable bonds is 4.